The van der Waals surface area contributed by atoms with Crippen molar-refractivity contribution in [1.82, 2.24) is 0 Å². The van der Waals surface area contributed by atoms with E-state index in [0.717, 1.165) is 6.42 Å². The molecule has 0 heterocycles. The third-order valence-electron chi connectivity index (χ3n) is 6.23. The van der Waals surface area contributed by atoms with Crippen molar-refractivity contribution >= 4 is 10.8 Å². The summed E-state index contributed by atoms with van der Waals surface area (Å²) in [5, 5.41) is 2.79. The maximum atomic E-state index is 2.33. The van der Waals surface area contributed by atoms with Crippen LogP contribution in [0.4, 0.5) is 0 Å². The maximum Gasteiger partial charge on any atom is -0.00105 e. The van der Waals surface area contributed by atoms with Gasteiger partial charge in [-0.25, -0.2) is 0 Å². The van der Waals surface area contributed by atoms with Gasteiger partial charge in [0.15, 0.2) is 0 Å². The van der Waals surface area contributed by atoms with Crippen LogP contribution >= 0.6 is 0 Å². The van der Waals surface area contributed by atoms with Gasteiger partial charge in [-0.1, -0.05) is 60.7 Å². The first-order valence-electron chi connectivity index (χ1n) is 9.02. The normalized spacial score (nSPS) is 13.0. The molecule has 0 saturated heterocycles. The van der Waals surface area contributed by atoms with E-state index in [-0.39, 0.29) is 0 Å². The summed E-state index contributed by atoms with van der Waals surface area (Å²) in [5.41, 5.74) is 14.6. The van der Waals surface area contributed by atoms with Crippen LogP contribution in [-0.4, -0.2) is 0 Å². The molecule has 4 aromatic carbocycles. The molecule has 0 radical (unpaired) electrons. The molecule has 0 nitrogen and oxygen atoms in total. The number of hydrogen-bond donors (Lipinski definition) is 0. The van der Waals surface area contributed by atoms with Crippen LogP contribution in [0, 0.1) is 13.8 Å². The smallest absolute Gasteiger partial charge is 0.00105 e. The molecule has 2 aliphatic rings. The Morgan fingerprint density at radius 1 is 0.600 bits per heavy atom. The summed E-state index contributed by atoms with van der Waals surface area (Å²) in [5.74, 6) is 0. The zero-order valence-electron chi connectivity index (χ0n) is 14.5. The first-order chi connectivity index (χ1) is 12.3. The summed E-state index contributed by atoms with van der Waals surface area (Å²) in [6.45, 7) is 4.65. The lowest BCUT2D eigenvalue weighted by molar-refractivity contribution is 1.21. The molecule has 4 aromatic rings. The van der Waals surface area contributed by atoms with Crippen molar-refractivity contribution in [2.75, 3.05) is 0 Å². The quantitative estimate of drug-likeness (QED) is 0.293. The minimum absolute atomic E-state index is 1.07. The molecule has 0 bridgehead atoms. The Morgan fingerprint density at radius 3 is 2.00 bits per heavy atom. The topological polar surface area (TPSA) is 0 Å². The standard InChI is InChI=1S/C25H18/c1-14-21-13-17-7-3-4-10-18(17)22(21)15(2)24-20-12-6-9-16-8-5-11-19(23(14)24)25(16)20/h3-12H,13H2,1-2H3. The Hall–Kier alpha value is -2.86. The van der Waals surface area contributed by atoms with Crippen LogP contribution in [0.2, 0.25) is 0 Å². The molecule has 0 aliphatic heterocycles. The van der Waals surface area contributed by atoms with Crippen LogP contribution in [0.5, 0.6) is 0 Å². The monoisotopic (exact) mass is 318 g/mol. The van der Waals surface area contributed by atoms with Gasteiger partial charge in [0.05, 0.1) is 0 Å². The highest BCUT2D eigenvalue weighted by molar-refractivity contribution is 6.17. The van der Waals surface area contributed by atoms with Gasteiger partial charge in [-0.2, -0.15) is 0 Å². The summed E-state index contributed by atoms with van der Waals surface area (Å²) < 4.78 is 0. The second-order valence-corrected chi connectivity index (χ2v) is 7.40. The van der Waals surface area contributed by atoms with E-state index in [9.17, 15) is 0 Å². The molecule has 0 fully saturated rings. The van der Waals surface area contributed by atoms with Gasteiger partial charge < -0.3 is 0 Å². The molecule has 6 rings (SSSR count). The van der Waals surface area contributed by atoms with Crippen molar-refractivity contribution in [1.29, 1.82) is 0 Å². The van der Waals surface area contributed by atoms with E-state index < -0.39 is 0 Å². The molecule has 2 aliphatic carbocycles. The minimum atomic E-state index is 1.07. The summed E-state index contributed by atoms with van der Waals surface area (Å²) >= 11 is 0. The van der Waals surface area contributed by atoms with Gasteiger partial charge in [0.2, 0.25) is 0 Å². The largest absolute Gasteiger partial charge is 0.0619 e. The molecule has 25 heavy (non-hydrogen) atoms. The highest BCUT2D eigenvalue weighted by Crippen LogP contribution is 2.55. The van der Waals surface area contributed by atoms with Crippen molar-refractivity contribution in [2.24, 2.45) is 0 Å². The van der Waals surface area contributed by atoms with Crippen molar-refractivity contribution < 1.29 is 0 Å². The molecule has 0 spiro atoms. The van der Waals surface area contributed by atoms with E-state index >= 15 is 0 Å². The predicted molar refractivity (Wildman–Crippen MR) is 106 cm³/mol. The third kappa shape index (κ3) is 1.49. The maximum absolute atomic E-state index is 2.33. The molecule has 118 valence electrons. The van der Waals surface area contributed by atoms with E-state index in [1.165, 1.54) is 66.4 Å². The fourth-order valence-electron chi connectivity index (χ4n) is 5.19. The molecule has 0 aromatic heterocycles. The van der Waals surface area contributed by atoms with Gasteiger partial charge in [-0.3, -0.25) is 0 Å². The van der Waals surface area contributed by atoms with Crippen LogP contribution in [-0.2, 0) is 6.42 Å². The highest BCUT2D eigenvalue weighted by Gasteiger charge is 2.31. The molecule has 0 atom stereocenters. The van der Waals surface area contributed by atoms with Crippen molar-refractivity contribution in [3.05, 3.63) is 82.9 Å². The lowest BCUT2D eigenvalue weighted by Crippen LogP contribution is -1.95. The minimum Gasteiger partial charge on any atom is -0.0619 e. The molecule has 0 heteroatoms. The van der Waals surface area contributed by atoms with E-state index in [0.29, 0.717) is 0 Å². The second kappa shape index (κ2) is 4.40. The Morgan fingerprint density at radius 2 is 1.24 bits per heavy atom. The predicted octanol–water partition coefficient (Wildman–Crippen LogP) is 6.68. The average molecular weight is 318 g/mol. The summed E-state index contributed by atoms with van der Waals surface area (Å²) in [6.07, 6.45) is 1.07. The lowest BCUT2D eigenvalue weighted by Gasteiger charge is -2.17. The van der Waals surface area contributed by atoms with Gasteiger partial charge >= 0.3 is 0 Å². The van der Waals surface area contributed by atoms with E-state index in [4.69, 9.17) is 0 Å². The van der Waals surface area contributed by atoms with E-state index in [2.05, 4.69) is 74.5 Å². The van der Waals surface area contributed by atoms with Gasteiger partial charge in [0, 0.05) is 0 Å². The fourth-order valence-corrected chi connectivity index (χ4v) is 5.19. The van der Waals surface area contributed by atoms with Gasteiger partial charge in [0.1, 0.15) is 0 Å². The zero-order valence-corrected chi connectivity index (χ0v) is 14.5. The summed E-state index contributed by atoms with van der Waals surface area (Å²) in [7, 11) is 0. The summed E-state index contributed by atoms with van der Waals surface area (Å²) in [6, 6.07) is 22.4. The Balaban J connectivity index is 1.82. The first kappa shape index (κ1) is 13.4. The van der Waals surface area contributed by atoms with Crippen LogP contribution in [0.25, 0.3) is 44.2 Å². The second-order valence-electron chi connectivity index (χ2n) is 7.40. The number of rotatable bonds is 0. The van der Waals surface area contributed by atoms with Gasteiger partial charge in [0.25, 0.3) is 0 Å². The van der Waals surface area contributed by atoms with Gasteiger partial charge in [-0.15, -0.1) is 0 Å². The lowest BCUT2D eigenvalue weighted by atomic mass is 9.86. The van der Waals surface area contributed by atoms with Crippen molar-refractivity contribution in [3.8, 4) is 33.4 Å². The highest BCUT2D eigenvalue weighted by atomic mass is 14.3. The molecule has 0 amide bonds. The zero-order chi connectivity index (χ0) is 16.7. The Bertz CT molecular complexity index is 1220. The first-order valence-corrected chi connectivity index (χ1v) is 9.02. The number of fused-ring (bicyclic) bond motifs is 6. The average Bonchev–Trinajstić information content (AvgIpc) is 3.19. The van der Waals surface area contributed by atoms with Crippen LogP contribution in [0.1, 0.15) is 22.3 Å². The molecular formula is C25H18. The van der Waals surface area contributed by atoms with Crippen LogP contribution in [0.15, 0.2) is 60.7 Å². The van der Waals surface area contributed by atoms with Crippen LogP contribution in [0.3, 0.4) is 0 Å². The summed E-state index contributed by atoms with van der Waals surface area (Å²) in [4.78, 5) is 0. The molecule has 0 saturated carbocycles. The fraction of sp³-hybridized carbons (Fsp3) is 0.120. The van der Waals surface area contributed by atoms with Crippen molar-refractivity contribution in [3.63, 3.8) is 0 Å². The Labute approximate surface area is 147 Å². The third-order valence-corrected chi connectivity index (χ3v) is 6.23. The molecule has 0 N–H and O–H groups in total. The van der Waals surface area contributed by atoms with Crippen LogP contribution < -0.4 is 0 Å². The Kier molecular flexibility index (Phi) is 2.36. The molecule has 0 unspecified atom stereocenters. The van der Waals surface area contributed by atoms with Gasteiger partial charge in [-0.05, 0) is 86.7 Å². The SMILES string of the molecule is Cc1c2c(c(C)c3c1-c1cccc4cccc-3c14)-c1ccccc1C2. The van der Waals surface area contributed by atoms with E-state index in [1.807, 2.05) is 0 Å². The molecular weight excluding hydrogens is 300 g/mol. The van der Waals surface area contributed by atoms with Crippen molar-refractivity contribution in [2.45, 2.75) is 20.3 Å². The number of hydrogen-bond acceptors (Lipinski definition) is 0. The van der Waals surface area contributed by atoms with E-state index in [1.54, 1.807) is 0 Å². The number of benzene rings is 4.